The molecule has 0 aliphatic carbocycles. The number of hydrogen-bond acceptors (Lipinski definition) is 6. The first-order chi connectivity index (χ1) is 18.2. The monoisotopic (exact) mass is 513 g/mol. The van der Waals surface area contributed by atoms with Crippen LogP contribution in [0.15, 0.2) is 78.9 Å². The minimum absolute atomic E-state index is 0.0338. The zero-order valence-corrected chi connectivity index (χ0v) is 21.8. The highest BCUT2D eigenvalue weighted by molar-refractivity contribution is 5.97. The highest BCUT2D eigenvalue weighted by Gasteiger charge is 2.24. The number of carboxylic acid groups (broad SMARTS) is 1. The molecule has 7 nitrogen and oxygen atoms in total. The van der Waals surface area contributed by atoms with Gasteiger partial charge >= 0.3 is 5.97 Å². The normalized spacial score (nSPS) is 11.2. The summed E-state index contributed by atoms with van der Waals surface area (Å²) < 4.78 is 18.0. The molecule has 7 heteroatoms. The smallest absolute Gasteiger partial charge is 0.303 e. The fourth-order valence-corrected chi connectivity index (χ4v) is 3.96. The molecule has 3 aromatic carbocycles. The molecular formula is C31H31NO6. The molecule has 0 saturated heterocycles. The zero-order valence-electron chi connectivity index (χ0n) is 21.8. The second kappa shape index (κ2) is 11.8. The van der Waals surface area contributed by atoms with Crippen molar-refractivity contribution in [2.45, 2.75) is 52.4 Å². The predicted molar refractivity (Wildman–Crippen MR) is 145 cm³/mol. The molecule has 0 amide bonds. The van der Waals surface area contributed by atoms with Gasteiger partial charge in [-0.15, -0.1) is 0 Å². The van der Waals surface area contributed by atoms with Crippen LogP contribution in [-0.2, 0) is 18.0 Å². The van der Waals surface area contributed by atoms with Crippen molar-refractivity contribution in [3.63, 3.8) is 0 Å². The number of ketones is 1. The molecule has 0 spiro atoms. The number of Topliss-reactive ketones (excluding diaryl/α,β-unsaturated/α-hetero) is 1. The summed E-state index contributed by atoms with van der Waals surface area (Å²) in [6, 6.07) is 24.7. The van der Waals surface area contributed by atoms with Gasteiger partial charge in [0.2, 0.25) is 0 Å². The Hall–Kier alpha value is -4.39. The molecule has 1 N–H and O–H groups in total. The van der Waals surface area contributed by atoms with E-state index in [4.69, 9.17) is 19.3 Å². The molecule has 1 aromatic heterocycles. The van der Waals surface area contributed by atoms with Crippen LogP contribution >= 0.6 is 0 Å². The standard InChI is InChI=1S/C31H31NO6/c1-21(33)27-14-13-26(18-29(27)38-31(2,3)16-15-30(34)35)36-19-22-7-6-9-25(17-22)37-20-24-12-11-23-8-4-5-10-28(23)32-24/h4-14,17-18H,15-16,19-20H2,1-3H3,(H,34,35). The van der Waals surface area contributed by atoms with Crippen molar-refractivity contribution in [1.82, 2.24) is 4.98 Å². The van der Waals surface area contributed by atoms with Gasteiger partial charge in [0.15, 0.2) is 5.78 Å². The maximum absolute atomic E-state index is 12.1. The summed E-state index contributed by atoms with van der Waals surface area (Å²) in [4.78, 5) is 27.8. The van der Waals surface area contributed by atoms with E-state index in [1.807, 2.05) is 60.7 Å². The van der Waals surface area contributed by atoms with Gasteiger partial charge in [0.1, 0.15) is 36.1 Å². The van der Waals surface area contributed by atoms with Crippen molar-refractivity contribution in [2.24, 2.45) is 0 Å². The fraction of sp³-hybridized carbons (Fsp3) is 0.258. The number of benzene rings is 3. The number of carbonyl (C=O) groups is 2. The Morgan fingerprint density at radius 3 is 2.42 bits per heavy atom. The van der Waals surface area contributed by atoms with Crippen LogP contribution in [0.1, 0.15) is 55.2 Å². The van der Waals surface area contributed by atoms with Crippen molar-refractivity contribution in [3.05, 3.63) is 95.7 Å². The maximum atomic E-state index is 12.1. The molecule has 0 unspecified atom stereocenters. The Labute approximate surface area is 222 Å². The maximum Gasteiger partial charge on any atom is 0.303 e. The summed E-state index contributed by atoms with van der Waals surface area (Å²) in [6.45, 7) is 5.69. The van der Waals surface area contributed by atoms with Crippen LogP contribution in [0.25, 0.3) is 10.9 Å². The number of pyridine rings is 1. The number of carboxylic acids is 1. The second-order valence-corrected chi connectivity index (χ2v) is 9.69. The summed E-state index contributed by atoms with van der Waals surface area (Å²) in [7, 11) is 0. The fourth-order valence-electron chi connectivity index (χ4n) is 3.96. The van der Waals surface area contributed by atoms with Crippen molar-refractivity contribution in [3.8, 4) is 17.2 Å². The summed E-state index contributed by atoms with van der Waals surface area (Å²) in [5.41, 5.74) is 2.33. The minimum Gasteiger partial charge on any atom is -0.489 e. The van der Waals surface area contributed by atoms with Crippen LogP contribution in [0.3, 0.4) is 0 Å². The Balaban J connectivity index is 1.40. The lowest BCUT2D eigenvalue weighted by atomic mass is 10.0. The highest BCUT2D eigenvalue weighted by atomic mass is 16.5. The van der Waals surface area contributed by atoms with E-state index < -0.39 is 11.6 Å². The van der Waals surface area contributed by atoms with E-state index in [2.05, 4.69) is 4.98 Å². The first-order valence-corrected chi connectivity index (χ1v) is 12.4. The Bertz CT molecular complexity index is 1450. The van der Waals surface area contributed by atoms with E-state index in [-0.39, 0.29) is 18.8 Å². The van der Waals surface area contributed by atoms with E-state index in [9.17, 15) is 9.59 Å². The third-order valence-electron chi connectivity index (χ3n) is 6.01. The van der Waals surface area contributed by atoms with Gasteiger partial charge in [0.05, 0.1) is 16.8 Å². The third-order valence-corrected chi connectivity index (χ3v) is 6.01. The lowest BCUT2D eigenvalue weighted by molar-refractivity contribution is -0.138. The Kier molecular flexibility index (Phi) is 8.26. The molecule has 38 heavy (non-hydrogen) atoms. The minimum atomic E-state index is -0.898. The van der Waals surface area contributed by atoms with Crippen LogP contribution in [0.4, 0.5) is 0 Å². The number of ether oxygens (including phenoxy) is 3. The summed E-state index contributed by atoms with van der Waals surface area (Å²) in [6.07, 6.45) is 0.264. The molecule has 0 aliphatic rings. The summed E-state index contributed by atoms with van der Waals surface area (Å²) in [5.74, 6) is 0.560. The first kappa shape index (κ1) is 26.7. The van der Waals surface area contributed by atoms with Gasteiger partial charge in [-0.1, -0.05) is 36.4 Å². The zero-order chi connectivity index (χ0) is 27.1. The van der Waals surface area contributed by atoms with E-state index in [1.54, 1.807) is 32.0 Å². The van der Waals surface area contributed by atoms with Gasteiger partial charge in [0, 0.05) is 17.9 Å². The van der Waals surface area contributed by atoms with Crippen molar-refractivity contribution >= 4 is 22.7 Å². The number of aromatic nitrogens is 1. The van der Waals surface area contributed by atoms with Crippen LogP contribution in [0.2, 0.25) is 0 Å². The lowest BCUT2D eigenvalue weighted by Crippen LogP contribution is -2.29. The molecular weight excluding hydrogens is 482 g/mol. The van der Waals surface area contributed by atoms with Crippen molar-refractivity contribution in [2.75, 3.05) is 0 Å². The molecule has 4 aromatic rings. The predicted octanol–water partition coefficient (Wildman–Crippen LogP) is 6.62. The van der Waals surface area contributed by atoms with E-state index >= 15 is 0 Å². The summed E-state index contributed by atoms with van der Waals surface area (Å²) >= 11 is 0. The van der Waals surface area contributed by atoms with Crippen LogP contribution in [0.5, 0.6) is 17.2 Å². The van der Waals surface area contributed by atoms with E-state index in [0.717, 1.165) is 22.2 Å². The van der Waals surface area contributed by atoms with E-state index in [1.165, 1.54) is 6.92 Å². The molecule has 196 valence electrons. The molecule has 4 rings (SSSR count). The van der Waals surface area contributed by atoms with Gasteiger partial charge in [-0.3, -0.25) is 9.59 Å². The quantitative estimate of drug-likeness (QED) is 0.213. The molecule has 0 radical (unpaired) electrons. The van der Waals surface area contributed by atoms with Crippen molar-refractivity contribution in [1.29, 1.82) is 0 Å². The topological polar surface area (TPSA) is 95.0 Å². The number of para-hydroxylation sites is 1. The van der Waals surface area contributed by atoms with Crippen molar-refractivity contribution < 1.29 is 28.9 Å². The number of fused-ring (bicyclic) bond motifs is 1. The number of rotatable bonds is 12. The highest BCUT2D eigenvalue weighted by Crippen LogP contribution is 2.31. The van der Waals surface area contributed by atoms with Crippen LogP contribution < -0.4 is 14.2 Å². The molecule has 0 fully saturated rings. The van der Waals surface area contributed by atoms with Gasteiger partial charge in [0.25, 0.3) is 0 Å². The molecule has 1 heterocycles. The van der Waals surface area contributed by atoms with Gasteiger partial charge < -0.3 is 19.3 Å². The number of hydrogen-bond donors (Lipinski definition) is 1. The van der Waals surface area contributed by atoms with Gasteiger partial charge in [-0.2, -0.15) is 0 Å². The SMILES string of the molecule is CC(=O)c1ccc(OCc2cccc(OCc3ccc4ccccc4n3)c2)cc1OC(C)(C)CCC(=O)O. The van der Waals surface area contributed by atoms with Crippen LogP contribution in [0, 0.1) is 0 Å². The Morgan fingerprint density at radius 2 is 1.63 bits per heavy atom. The third kappa shape index (κ3) is 7.32. The van der Waals surface area contributed by atoms with Gasteiger partial charge in [-0.25, -0.2) is 4.98 Å². The molecule has 0 aliphatic heterocycles. The average molecular weight is 514 g/mol. The molecule has 0 atom stereocenters. The van der Waals surface area contributed by atoms with Gasteiger partial charge in [-0.05, 0) is 69.2 Å². The number of nitrogens with zero attached hydrogens (tertiary/aromatic N) is 1. The largest absolute Gasteiger partial charge is 0.489 e. The van der Waals surface area contributed by atoms with E-state index in [0.29, 0.717) is 35.8 Å². The van der Waals surface area contributed by atoms with Crippen LogP contribution in [-0.4, -0.2) is 27.4 Å². The number of aliphatic carboxylic acids is 1. The second-order valence-electron chi connectivity index (χ2n) is 9.69. The summed E-state index contributed by atoms with van der Waals surface area (Å²) in [5, 5.41) is 10.1. The molecule has 0 bridgehead atoms. The average Bonchev–Trinajstić information content (AvgIpc) is 2.89. The Morgan fingerprint density at radius 1 is 0.868 bits per heavy atom. The number of carbonyl (C=O) groups excluding carboxylic acids is 1. The lowest BCUT2D eigenvalue weighted by Gasteiger charge is -2.27. The first-order valence-electron chi connectivity index (χ1n) is 12.4. The molecule has 0 saturated carbocycles.